The molecular weight excluding hydrogens is 212 g/mol. The van der Waals surface area contributed by atoms with E-state index >= 15 is 0 Å². The SMILES string of the molecule is Cc1ccc(-c2ccc(C#N)c(=O)[nH]2)cc1C. The average molecular weight is 224 g/mol. The molecular formula is C14H12N2O. The van der Waals surface area contributed by atoms with Gasteiger partial charge in [-0.2, -0.15) is 5.26 Å². The van der Waals surface area contributed by atoms with Gasteiger partial charge in [0.15, 0.2) is 0 Å². The molecule has 1 aromatic heterocycles. The number of nitrogens with one attached hydrogen (secondary N) is 1. The molecule has 0 aliphatic rings. The smallest absolute Gasteiger partial charge is 0.266 e. The van der Waals surface area contributed by atoms with Crippen molar-refractivity contribution in [3.63, 3.8) is 0 Å². The van der Waals surface area contributed by atoms with Crippen LogP contribution in [0.3, 0.4) is 0 Å². The molecule has 0 saturated carbocycles. The number of H-pyrrole nitrogens is 1. The summed E-state index contributed by atoms with van der Waals surface area (Å²) in [5.74, 6) is 0. The molecule has 3 heteroatoms. The fourth-order valence-electron chi connectivity index (χ4n) is 1.64. The van der Waals surface area contributed by atoms with Gasteiger partial charge in [-0.15, -0.1) is 0 Å². The normalized spacial score (nSPS) is 9.94. The molecule has 1 N–H and O–H groups in total. The van der Waals surface area contributed by atoms with E-state index in [9.17, 15) is 4.79 Å². The van der Waals surface area contributed by atoms with Crippen molar-refractivity contribution in [2.45, 2.75) is 13.8 Å². The van der Waals surface area contributed by atoms with Gasteiger partial charge in [0.1, 0.15) is 11.6 Å². The minimum Gasteiger partial charge on any atom is -0.321 e. The standard InChI is InChI=1S/C14H12N2O/c1-9-3-4-11(7-10(9)2)13-6-5-12(8-15)14(17)16-13/h3-7H,1-2H3,(H,16,17). The van der Waals surface area contributed by atoms with Crippen molar-refractivity contribution >= 4 is 0 Å². The second-order valence-electron chi connectivity index (χ2n) is 4.03. The lowest BCUT2D eigenvalue weighted by atomic mass is 10.0. The number of aromatic nitrogens is 1. The number of rotatable bonds is 1. The number of hydrogen-bond donors (Lipinski definition) is 1. The lowest BCUT2D eigenvalue weighted by molar-refractivity contribution is 1.21. The fraction of sp³-hybridized carbons (Fsp3) is 0.143. The van der Waals surface area contributed by atoms with Crippen LogP contribution in [0, 0.1) is 25.2 Å². The first-order chi connectivity index (χ1) is 8.11. The number of nitrogens with zero attached hydrogens (tertiary/aromatic N) is 1. The van der Waals surface area contributed by atoms with Gasteiger partial charge < -0.3 is 4.98 Å². The molecule has 0 bridgehead atoms. The highest BCUT2D eigenvalue weighted by molar-refractivity contribution is 5.61. The van der Waals surface area contributed by atoms with Crippen LogP contribution in [-0.4, -0.2) is 4.98 Å². The second kappa shape index (κ2) is 4.26. The van der Waals surface area contributed by atoms with Crippen LogP contribution in [0.5, 0.6) is 0 Å². The summed E-state index contributed by atoms with van der Waals surface area (Å²) in [5.41, 5.74) is 3.87. The monoisotopic (exact) mass is 224 g/mol. The molecule has 0 spiro atoms. The Morgan fingerprint density at radius 3 is 2.47 bits per heavy atom. The van der Waals surface area contributed by atoms with E-state index in [2.05, 4.69) is 4.98 Å². The third-order valence-corrected chi connectivity index (χ3v) is 2.85. The number of hydrogen-bond acceptors (Lipinski definition) is 2. The Bertz CT molecular complexity index is 663. The molecule has 0 amide bonds. The first-order valence-electron chi connectivity index (χ1n) is 5.33. The van der Waals surface area contributed by atoms with Crippen molar-refractivity contribution in [3.8, 4) is 17.3 Å². The minimum atomic E-state index is -0.344. The lowest BCUT2D eigenvalue weighted by Gasteiger charge is -2.05. The molecule has 0 atom stereocenters. The summed E-state index contributed by atoms with van der Waals surface area (Å²) >= 11 is 0. The number of aryl methyl sites for hydroxylation is 2. The molecule has 3 nitrogen and oxygen atoms in total. The van der Waals surface area contributed by atoms with Gasteiger partial charge in [0, 0.05) is 5.69 Å². The first kappa shape index (κ1) is 11.2. The zero-order chi connectivity index (χ0) is 12.4. The van der Waals surface area contributed by atoms with Crippen LogP contribution in [0.2, 0.25) is 0 Å². The van der Waals surface area contributed by atoms with Gasteiger partial charge in [-0.25, -0.2) is 0 Å². The zero-order valence-electron chi connectivity index (χ0n) is 9.74. The lowest BCUT2D eigenvalue weighted by Crippen LogP contribution is -2.10. The van der Waals surface area contributed by atoms with Crippen LogP contribution >= 0.6 is 0 Å². The Hall–Kier alpha value is -2.34. The highest BCUT2D eigenvalue weighted by Crippen LogP contribution is 2.19. The maximum Gasteiger partial charge on any atom is 0.266 e. The quantitative estimate of drug-likeness (QED) is 0.809. The van der Waals surface area contributed by atoms with Crippen LogP contribution in [0.25, 0.3) is 11.3 Å². The molecule has 0 aliphatic heterocycles. The van der Waals surface area contributed by atoms with Crippen LogP contribution in [0.4, 0.5) is 0 Å². The molecule has 17 heavy (non-hydrogen) atoms. The molecule has 84 valence electrons. The Balaban J connectivity index is 2.54. The van der Waals surface area contributed by atoms with Crippen LogP contribution in [0.1, 0.15) is 16.7 Å². The third kappa shape index (κ3) is 2.11. The predicted molar refractivity (Wildman–Crippen MR) is 66.7 cm³/mol. The van der Waals surface area contributed by atoms with Crippen LogP contribution in [-0.2, 0) is 0 Å². The van der Waals surface area contributed by atoms with Crippen LogP contribution < -0.4 is 5.56 Å². The van der Waals surface area contributed by atoms with E-state index in [0.29, 0.717) is 0 Å². The number of nitriles is 1. The summed E-state index contributed by atoms with van der Waals surface area (Å²) in [7, 11) is 0. The van der Waals surface area contributed by atoms with E-state index < -0.39 is 0 Å². The largest absolute Gasteiger partial charge is 0.321 e. The van der Waals surface area contributed by atoms with Crippen molar-refractivity contribution in [1.82, 2.24) is 4.98 Å². The van der Waals surface area contributed by atoms with Crippen molar-refractivity contribution in [1.29, 1.82) is 5.26 Å². The van der Waals surface area contributed by atoms with Gasteiger partial charge in [-0.05, 0) is 48.7 Å². The number of benzene rings is 1. The summed E-state index contributed by atoms with van der Waals surface area (Å²) in [4.78, 5) is 14.2. The summed E-state index contributed by atoms with van der Waals surface area (Å²) in [6.45, 7) is 4.07. The van der Waals surface area contributed by atoms with Gasteiger partial charge in [-0.1, -0.05) is 12.1 Å². The average Bonchev–Trinajstić information content (AvgIpc) is 2.32. The summed E-state index contributed by atoms with van der Waals surface area (Å²) < 4.78 is 0. The van der Waals surface area contributed by atoms with Gasteiger partial charge in [0.2, 0.25) is 0 Å². The molecule has 0 fully saturated rings. The van der Waals surface area contributed by atoms with E-state index in [1.807, 2.05) is 38.1 Å². The highest BCUT2D eigenvalue weighted by Gasteiger charge is 2.03. The summed E-state index contributed by atoms with van der Waals surface area (Å²) in [6, 6.07) is 11.1. The van der Waals surface area contributed by atoms with E-state index in [1.165, 1.54) is 11.1 Å². The van der Waals surface area contributed by atoms with Crippen molar-refractivity contribution in [2.24, 2.45) is 0 Å². The second-order valence-corrected chi connectivity index (χ2v) is 4.03. The third-order valence-electron chi connectivity index (χ3n) is 2.85. The summed E-state index contributed by atoms with van der Waals surface area (Å²) in [6.07, 6.45) is 0. The molecule has 0 unspecified atom stereocenters. The molecule has 0 radical (unpaired) electrons. The van der Waals surface area contributed by atoms with Crippen molar-refractivity contribution < 1.29 is 0 Å². The Morgan fingerprint density at radius 1 is 1.12 bits per heavy atom. The van der Waals surface area contributed by atoms with Gasteiger partial charge >= 0.3 is 0 Å². The van der Waals surface area contributed by atoms with E-state index in [4.69, 9.17) is 5.26 Å². The maximum atomic E-state index is 11.5. The van der Waals surface area contributed by atoms with E-state index in [0.717, 1.165) is 11.3 Å². The van der Waals surface area contributed by atoms with Gasteiger partial charge in [-0.3, -0.25) is 4.79 Å². The van der Waals surface area contributed by atoms with E-state index in [-0.39, 0.29) is 11.1 Å². The maximum absolute atomic E-state index is 11.5. The first-order valence-corrected chi connectivity index (χ1v) is 5.33. The molecule has 1 heterocycles. The van der Waals surface area contributed by atoms with Crippen LogP contribution in [0.15, 0.2) is 35.1 Å². The fourth-order valence-corrected chi connectivity index (χ4v) is 1.64. The molecule has 2 aromatic rings. The van der Waals surface area contributed by atoms with Gasteiger partial charge in [0.05, 0.1) is 0 Å². The Kier molecular flexibility index (Phi) is 2.80. The van der Waals surface area contributed by atoms with Crippen molar-refractivity contribution in [2.75, 3.05) is 0 Å². The molecule has 0 saturated heterocycles. The molecule has 2 rings (SSSR count). The number of pyridine rings is 1. The van der Waals surface area contributed by atoms with E-state index in [1.54, 1.807) is 12.1 Å². The molecule has 1 aromatic carbocycles. The zero-order valence-corrected chi connectivity index (χ0v) is 9.74. The van der Waals surface area contributed by atoms with Crippen molar-refractivity contribution in [3.05, 3.63) is 57.4 Å². The topological polar surface area (TPSA) is 56.6 Å². The number of aromatic amines is 1. The summed E-state index contributed by atoms with van der Waals surface area (Å²) in [5, 5.41) is 8.69. The predicted octanol–water partition coefficient (Wildman–Crippen LogP) is 2.53. The minimum absolute atomic E-state index is 0.137. The molecule has 0 aliphatic carbocycles. The Labute approximate surface area is 99.4 Å². The Morgan fingerprint density at radius 2 is 1.88 bits per heavy atom. The van der Waals surface area contributed by atoms with Gasteiger partial charge in [0.25, 0.3) is 5.56 Å². The highest BCUT2D eigenvalue weighted by atomic mass is 16.1.